The van der Waals surface area contributed by atoms with Gasteiger partial charge in [0.25, 0.3) is 0 Å². The highest BCUT2D eigenvalue weighted by Gasteiger charge is 2.16. The molecule has 0 aromatic rings. The van der Waals surface area contributed by atoms with Crippen LogP contribution in [0, 0.1) is 5.92 Å². The fourth-order valence-corrected chi connectivity index (χ4v) is 2.65. The molecule has 1 atom stereocenters. The maximum absolute atomic E-state index is 11.9. The molecule has 0 amide bonds. The quantitative estimate of drug-likeness (QED) is 0.100. The van der Waals surface area contributed by atoms with Crippen molar-refractivity contribution in [3.8, 4) is 0 Å². The Bertz CT molecular complexity index is 421. The Balaban J connectivity index is 3.20. The SMILES string of the molecule is C=COCCOCCOCCOCCOCCOCCOCCOC(=O)C(CC)CCCC. The fraction of sp³-hybridized carbons (Fsp3) is 0.875. The minimum Gasteiger partial charge on any atom is -0.499 e. The Labute approximate surface area is 200 Å². The molecule has 0 spiro atoms. The number of hydrogen-bond donors (Lipinski definition) is 0. The van der Waals surface area contributed by atoms with Crippen LogP contribution in [0.15, 0.2) is 12.8 Å². The van der Waals surface area contributed by atoms with E-state index in [4.69, 9.17) is 37.9 Å². The van der Waals surface area contributed by atoms with Gasteiger partial charge in [0.15, 0.2) is 0 Å². The molecule has 0 aromatic heterocycles. The van der Waals surface area contributed by atoms with Crippen molar-refractivity contribution in [1.82, 2.24) is 0 Å². The molecular formula is C24H46O9. The molecule has 0 aliphatic carbocycles. The number of carbonyl (C=O) groups excluding carboxylic acids is 1. The van der Waals surface area contributed by atoms with E-state index >= 15 is 0 Å². The molecule has 0 heterocycles. The second kappa shape index (κ2) is 27.0. The summed E-state index contributed by atoms with van der Waals surface area (Å²) in [6, 6.07) is 0. The molecule has 0 bridgehead atoms. The summed E-state index contributed by atoms with van der Waals surface area (Å²) in [5.74, 6) is -0.110. The minimum absolute atomic E-state index is 0.00538. The van der Waals surface area contributed by atoms with Gasteiger partial charge in [0.1, 0.15) is 13.2 Å². The third kappa shape index (κ3) is 23.7. The average molecular weight is 479 g/mol. The van der Waals surface area contributed by atoms with Crippen LogP contribution < -0.4 is 0 Å². The van der Waals surface area contributed by atoms with Gasteiger partial charge in [-0.1, -0.05) is 33.3 Å². The fourth-order valence-electron chi connectivity index (χ4n) is 2.65. The largest absolute Gasteiger partial charge is 0.499 e. The van der Waals surface area contributed by atoms with Gasteiger partial charge in [-0.05, 0) is 12.8 Å². The summed E-state index contributed by atoms with van der Waals surface area (Å²) in [4.78, 5) is 11.9. The van der Waals surface area contributed by atoms with Gasteiger partial charge in [-0.15, -0.1) is 0 Å². The Morgan fingerprint density at radius 1 is 0.667 bits per heavy atom. The van der Waals surface area contributed by atoms with Gasteiger partial charge in [-0.3, -0.25) is 4.79 Å². The summed E-state index contributed by atoms with van der Waals surface area (Å²) in [6.45, 7) is 14.3. The first-order valence-electron chi connectivity index (χ1n) is 12.1. The van der Waals surface area contributed by atoms with Crippen molar-refractivity contribution >= 4 is 5.97 Å². The Morgan fingerprint density at radius 2 is 1.06 bits per heavy atom. The van der Waals surface area contributed by atoms with E-state index < -0.39 is 0 Å². The monoisotopic (exact) mass is 478 g/mol. The lowest BCUT2D eigenvalue weighted by Gasteiger charge is -2.13. The standard InChI is InChI=1S/C24H46O9/c1-4-7-8-23(5-2)24(25)33-22-21-32-20-19-31-18-17-30-16-15-29-14-13-28-12-11-27-10-9-26-6-3/h6,23H,3-5,7-22H2,1-2H3. The van der Waals surface area contributed by atoms with E-state index in [1.807, 2.05) is 6.92 Å². The maximum atomic E-state index is 11.9. The summed E-state index contributed by atoms with van der Waals surface area (Å²) >= 11 is 0. The number of rotatable bonds is 27. The second-order valence-electron chi connectivity index (χ2n) is 7.13. The third-order valence-corrected chi connectivity index (χ3v) is 4.53. The van der Waals surface area contributed by atoms with Crippen LogP contribution in [0.2, 0.25) is 0 Å². The Kier molecular flexibility index (Phi) is 26.0. The predicted molar refractivity (Wildman–Crippen MR) is 125 cm³/mol. The molecule has 0 radical (unpaired) electrons. The predicted octanol–water partition coefficient (Wildman–Crippen LogP) is 3.01. The molecule has 0 rings (SSSR count). The summed E-state index contributed by atoms with van der Waals surface area (Å²) in [6.07, 6.45) is 5.25. The molecule has 0 aliphatic rings. The van der Waals surface area contributed by atoms with Crippen LogP contribution in [0.3, 0.4) is 0 Å². The number of ether oxygens (including phenoxy) is 8. The maximum Gasteiger partial charge on any atom is 0.308 e. The zero-order valence-electron chi connectivity index (χ0n) is 20.8. The number of hydrogen-bond acceptors (Lipinski definition) is 9. The van der Waals surface area contributed by atoms with Crippen molar-refractivity contribution in [2.75, 3.05) is 92.5 Å². The molecule has 0 aromatic carbocycles. The van der Waals surface area contributed by atoms with Crippen LogP contribution in [0.5, 0.6) is 0 Å². The summed E-state index contributed by atoms with van der Waals surface area (Å²) < 4.78 is 42.6. The third-order valence-electron chi connectivity index (χ3n) is 4.53. The Morgan fingerprint density at radius 3 is 1.42 bits per heavy atom. The topological polar surface area (TPSA) is 90.9 Å². The van der Waals surface area contributed by atoms with E-state index in [2.05, 4.69) is 13.5 Å². The molecule has 0 fully saturated rings. The molecule has 9 heteroatoms. The van der Waals surface area contributed by atoms with E-state index in [9.17, 15) is 4.79 Å². The lowest BCUT2D eigenvalue weighted by Crippen LogP contribution is -2.20. The first kappa shape index (κ1) is 31.8. The highest BCUT2D eigenvalue weighted by atomic mass is 16.6. The van der Waals surface area contributed by atoms with Crippen LogP contribution in [0.4, 0.5) is 0 Å². The van der Waals surface area contributed by atoms with Crippen LogP contribution >= 0.6 is 0 Å². The van der Waals surface area contributed by atoms with Gasteiger partial charge in [0.2, 0.25) is 0 Å². The zero-order valence-corrected chi connectivity index (χ0v) is 20.8. The van der Waals surface area contributed by atoms with Crippen LogP contribution in [0.25, 0.3) is 0 Å². The van der Waals surface area contributed by atoms with Crippen molar-refractivity contribution in [2.45, 2.75) is 39.5 Å². The first-order valence-corrected chi connectivity index (χ1v) is 12.1. The first-order chi connectivity index (χ1) is 16.3. The van der Waals surface area contributed by atoms with Crippen LogP contribution in [-0.4, -0.2) is 98.5 Å². The van der Waals surface area contributed by atoms with Crippen LogP contribution in [0.1, 0.15) is 39.5 Å². The molecule has 1 unspecified atom stereocenters. The lowest BCUT2D eigenvalue weighted by molar-refractivity contribution is -0.150. The van der Waals surface area contributed by atoms with Gasteiger partial charge in [-0.25, -0.2) is 0 Å². The molecule has 0 N–H and O–H groups in total. The van der Waals surface area contributed by atoms with E-state index in [0.717, 1.165) is 25.7 Å². The zero-order chi connectivity index (χ0) is 24.2. The molecule has 9 nitrogen and oxygen atoms in total. The summed E-state index contributed by atoms with van der Waals surface area (Å²) in [5, 5.41) is 0. The summed E-state index contributed by atoms with van der Waals surface area (Å²) in [7, 11) is 0. The number of unbranched alkanes of at least 4 members (excludes halogenated alkanes) is 1. The lowest BCUT2D eigenvalue weighted by atomic mass is 10.00. The molecule has 196 valence electrons. The van der Waals surface area contributed by atoms with Crippen molar-refractivity contribution in [2.24, 2.45) is 5.92 Å². The highest BCUT2D eigenvalue weighted by Crippen LogP contribution is 2.14. The highest BCUT2D eigenvalue weighted by molar-refractivity contribution is 5.72. The second-order valence-corrected chi connectivity index (χ2v) is 7.13. The van der Waals surface area contributed by atoms with Gasteiger partial charge in [-0.2, -0.15) is 0 Å². The van der Waals surface area contributed by atoms with Gasteiger partial charge < -0.3 is 37.9 Å². The number of esters is 1. The van der Waals surface area contributed by atoms with Gasteiger partial charge >= 0.3 is 5.97 Å². The van der Waals surface area contributed by atoms with Gasteiger partial charge in [0, 0.05) is 0 Å². The molecule has 0 aliphatic heterocycles. The Hall–Kier alpha value is -1.23. The van der Waals surface area contributed by atoms with E-state index in [-0.39, 0.29) is 18.5 Å². The molecule has 33 heavy (non-hydrogen) atoms. The molecule has 0 saturated carbocycles. The average Bonchev–Trinajstić information content (AvgIpc) is 2.82. The smallest absolute Gasteiger partial charge is 0.308 e. The van der Waals surface area contributed by atoms with E-state index in [1.54, 1.807) is 0 Å². The van der Waals surface area contributed by atoms with Crippen molar-refractivity contribution < 1.29 is 42.7 Å². The normalized spacial score (nSPS) is 11.9. The molecule has 0 saturated heterocycles. The van der Waals surface area contributed by atoms with Crippen molar-refractivity contribution in [3.63, 3.8) is 0 Å². The number of carbonyl (C=O) groups is 1. The molecular weight excluding hydrogens is 432 g/mol. The van der Waals surface area contributed by atoms with E-state index in [0.29, 0.717) is 85.9 Å². The van der Waals surface area contributed by atoms with Gasteiger partial charge in [0.05, 0.1) is 91.5 Å². The van der Waals surface area contributed by atoms with Crippen molar-refractivity contribution in [3.05, 3.63) is 12.8 Å². The minimum atomic E-state index is -0.115. The van der Waals surface area contributed by atoms with Crippen LogP contribution in [-0.2, 0) is 42.7 Å². The van der Waals surface area contributed by atoms with E-state index in [1.165, 1.54) is 6.26 Å². The summed E-state index contributed by atoms with van der Waals surface area (Å²) in [5.41, 5.74) is 0. The van der Waals surface area contributed by atoms with Crippen molar-refractivity contribution in [1.29, 1.82) is 0 Å².